The second-order valence-electron chi connectivity index (χ2n) is 3.62. The van der Waals surface area contributed by atoms with Gasteiger partial charge in [0.1, 0.15) is 5.78 Å². The van der Waals surface area contributed by atoms with Gasteiger partial charge >= 0.3 is 0 Å². The summed E-state index contributed by atoms with van der Waals surface area (Å²) in [5.41, 5.74) is 1.63. The van der Waals surface area contributed by atoms with Gasteiger partial charge in [-0.25, -0.2) is 0 Å². The number of carbonyl (C=O) groups excluding carboxylic acids is 2. The van der Waals surface area contributed by atoms with E-state index in [0.29, 0.717) is 13.0 Å². The van der Waals surface area contributed by atoms with E-state index in [4.69, 9.17) is 0 Å². The van der Waals surface area contributed by atoms with Gasteiger partial charge in [0.2, 0.25) is 5.91 Å². The molecule has 1 fully saturated rings. The molecular weight excluding hydrogens is 192 g/mol. The SMILES string of the molecule is Cc1ncccc1N1CCC(=O)CC1=O. The summed E-state index contributed by atoms with van der Waals surface area (Å²) in [5, 5.41) is 0. The molecule has 0 aromatic carbocycles. The highest BCUT2D eigenvalue weighted by Crippen LogP contribution is 2.21. The zero-order valence-electron chi connectivity index (χ0n) is 8.56. The van der Waals surface area contributed by atoms with Gasteiger partial charge in [0.15, 0.2) is 0 Å². The topological polar surface area (TPSA) is 50.3 Å². The van der Waals surface area contributed by atoms with Crippen molar-refractivity contribution in [1.29, 1.82) is 0 Å². The van der Waals surface area contributed by atoms with Crippen LogP contribution in [0, 0.1) is 6.92 Å². The molecule has 0 radical (unpaired) electrons. The second-order valence-corrected chi connectivity index (χ2v) is 3.62. The van der Waals surface area contributed by atoms with Crippen LogP contribution in [-0.4, -0.2) is 23.2 Å². The number of hydrogen-bond donors (Lipinski definition) is 0. The summed E-state index contributed by atoms with van der Waals surface area (Å²) in [6, 6.07) is 3.65. The number of carbonyl (C=O) groups is 2. The Balaban J connectivity index is 2.28. The highest BCUT2D eigenvalue weighted by Gasteiger charge is 2.25. The van der Waals surface area contributed by atoms with E-state index in [1.54, 1.807) is 17.2 Å². The van der Waals surface area contributed by atoms with Gasteiger partial charge in [-0.3, -0.25) is 14.6 Å². The molecule has 0 saturated carbocycles. The third-order valence-corrected chi connectivity index (χ3v) is 2.53. The Hall–Kier alpha value is -1.71. The number of pyridine rings is 1. The van der Waals surface area contributed by atoms with Crippen molar-refractivity contribution in [2.75, 3.05) is 11.4 Å². The minimum absolute atomic E-state index is 0.0222. The average molecular weight is 204 g/mol. The zero-order valence-corrected chi connectivity index (χ0v) is 8.56. The molecule has 0 unspecified atom stereocenters. The maximum Gasteiger partial charge on any atom is 0.234 e. The number of piperidine rings is 1. The fraction of sp³-hybridized carbons (Fsp3) is 0.364. The summed E-state index contributed by atoms with van der Waals surface area (Å²) in [6.45, 7) is 2.34. The van der Waals surface area contributed by atoms with Crippen LogP contribution >= 0.6 is 0 Å². The lowest BCUT2D eigenvalue weighted by atomic mass is 10.1. The summed E-state index contributed by atoms with van der Waals surface area (Å²) in [4.78, 5) is 28.5. The van der Waals surface area contributed by atoms with Gasteiger partial charge in [-0.15, -0.1) is 0 Å². The summed E-state index contributed by atoms with van der Waals surface area (Å²) >= 11 is 0. The summed E-state index contributed by atoms with van der Waals surface area (Å²) < 4.78 is 0. The Bertz CT molecular complexity index is 415. The molecule has 1 aromatic heterocycles. The predicted octanol–water partition coefficient (Wildman–Crippen LogP) is 1.09. The van der Waals surface area contributed by atoms with E-state index in [0.717, 1.165) is 11.4 Å². The minimum Gasteiger partial charge on any atom is -0.310 e. The third kappa shape index (κ3) is 1.88. The molecule has 78 valence electrons. The predicted molar refractivity (Wildman–Crippen MR) is 55.6 cm³/mol. The molecule has 4 nitrogen and oxygen atoms in total. The largest absolute Gasteiger partial charge is 0.310 e. The standard InChI is InChI=1S/C11H12N2O2/c1-8-10(3-2-5-12-8)13-6-4-9(14)7-11(13)15/h2-3,5H,4,6-7H2,1H3. The number of aryl methyl sites for hydroxylation is 1. The molecule has 2 rings (SSSR count). The average Bonchev–Trinajstić information content (AvgIpc) is 2.20. The first-order chi connectivity index (χ1) is 7.18. The Labute approximate surface area is 87.9 Å². The van der Waals surface area contributed by atoms with E-state index >= 15 is 0 Å². The molecule has 1 aliphatic rings. The first kappa shape index (κ1) is 9.83. The number of rotatable bonds is 1. The smallest absolute Gasteiger partial charge is 0.234 e. The highest BCUT2D eigenvalue weighted by molar-refractivity contribution is 6.08. The van der Waals surface area contributed by atoms with Crippen molar-refractivity contribution in [2.24, 2.45) is 0 Å². The van der Waals surface area contributed by atoms with E-state index in [-0.39, 0.29) is 18.1 Å². The fourth-order valence-electron chi connectivity index (χ4n) is 1.73. The van der Waals surface area contributed by atoms with Gasteiger partial charge in [0.25, 0.3) is 0 Å². The molecular formula is C11H12N2O2. The van der Waals surface area contributed by atoms with Crippen molar-refractivity contribution in [2.45, 2.75) is 19.8 Å². The van der Waals surface area contributed by atoms with E-state index in [1.807, 2.05) is 13.0 Å². The Morgan fingerprint density at radius 3 is 2.87 bits per heavy atom. The Kier molecular flexibility index (Phi) is 2.49. The maximum absolute atomic E-state index is 11.6. The first-order valence-corrected chi connectivity index (χ1v) is 4.92. The molecule has 1 aromatic rings. The van der Waals surface area contributed by atoms with Gasteiger partial charge in [-0.2, -0.15) is 0 Å². The van der Waals surface area contributed by atoms with Crippen LogP contribution in [0.25, 0.3) is 0 Å². The zero-order chi connectivity index (χ0) is 10.8. The number of anilines is 1. The van der Waals surface area contributed by atoms with E-state index in [9.17, 15) is 9.59 Å². The van der Waals surface area contributed by atoms with Gasteiger partial charge < -0.3 is 4.90 Å². The van der Waals surface area contributed by atoms with Crippen LogP contribution in [0.5, 0.6) is 0 Å². The van der Waals surface area contributed by atoms with Crippen molar-refractivity contribution in [3.05, 3.63) is 24.0 Å². The number of nitrogens with zero attached hydrogens (tertiary/aromatic N) is 2. The van der Waals surface area contributed by atoms with Crippen molar-refractivity contribution < 1.29 is 9.59 Å². The molecule has 0 N–H and O–H groups in total. The second kappa shape index (κ2) is 3.81. The van der Waals surface area contributed by atoms with Gasteiger partial charge in [-0.1, -0.05) is 0 Å². The van der Waals surface area contributed by atoms with Crippen molar-refractivity contribution >= 4 is 17.4 Å². The molecule has 4 heteroatoms. The molecule has 0 atom stereocenters. The molecule has 1 saturated heterocycles. The summed E-state index contributed by atoms with van der Waals surface area (Å²) in [5.74, 6) is -0.0971. The maximum atomic E-state index is 11.6. The van der Waals surface area contributed by atoms with E-state index in [2.05, 4.69) is 4.98 Å². The quantitative estimate of drug-likeness (QED) is 0.643. The number of amides is 1. The van der Waals surface area contributed by atoms with Crippen LogP contribution in [0.1, 0.15) is 18.5 Å². The Morgan fingerprint density at radius 1 is 1.40 bits per heavy atom. The third-order valence-electron chi connectivity index (χ3n) is 2.53. The monoisotopic (exact) mass is 204 g/mol. The minimum atomic E-state index is -0.123. The van der Waals surface area contributed by atoms with E-state index < -0.39 is 0 Å². The lowest BCUT2D eigenvalue weighted by molar-refractivity contribution is -0.128. The molecule has 0 aliphatic carbocycles. The lowest BCUT2D eigenvalue weighted by Gasteiger charge is -2.26. The van der Waals surface area contributed by atoms with Crippen LogP contribution in [0.4, 0.5) is 5.69 Å². The van der Waals surface area contributed by atoms with Crippen molar-refractivity contribution in [1.82, 2.24) is 4.98 Å². The molecule has 0 bridgehead atoms. The van der Waals surface area contributed by atoms with Crippen LogP contribution in [0.15, 0.2) is 18.3 Å². The highest BCUT2D eigenvalue weighted by atomic mass is 16.2. The van der Waals surface area contributed by atoms with Gasteiger partial charge in [0, 0.05) is 19.2 Å². The fourth-order valence-corrected chi connectivity index (χ4v) is 1.73. The Morgan fingerprint density at radius 2 is 2.20 bits per heavy atom. The normalized spacial score (nSPS) is 17.0. The molecule has 2 heterocycles. The first-order valence-electron chi connectivity index (χ1n) is 4.92. The van der Waals surface area contributed by atoms with Crippen LogP contribution in [0.3, 0.4) is 0 Å². The lowest BCUT2D eigenvalue weighted by Crippen LogP contribution is -2.39. The summed E-state index contributed by atoms with van der Waals surface area (Å²) in [6.07, 6.45) is 2.16. The van der Waals surface area contributed by atoms with Crippen LogP contribution in [-0.2, 0) is 9.59 Å². The number of aromatic nitrogens is 1. The van der Waals surface area contributed by atoms with Crippen molar-refractivity contribution in [3.8, 4) is 0 Å². The van der Waals surface area contributed by atoms with Gasteiger partial charge in [-0.05, 0) is 19.1 Å². The van der Waals surface area contributed by atoms with Crippen molar-refractivity contribution in [3.63, 3.8) is 0 Å². The van der Waals surface area contributed by atoms with Gasteiger partial charge in [0.05, 0.1) is 17.8 Å². The van der Waals surface area contributed by atoms with Crippen LogP contribution < -0.4 is 4.90 Å². The van der Waals surface area contributed by atoms with E-state index in [1.165, 1.54) is 0 Å². The van der Waals surface area contributed by atoms with Crippen LogP contribution in [0.2, 0.25) is 0 Å². The molecule has 15 heavy (non-hydrogen) atoms. The number of hydrogen-bond acceptors (Lipinski definition) is 3. The molecule has 0 spiro atoms. The molecule has 1 aliphatic heterocycles. The number of ketones is 1. The summed E-state index contributed by atoms with van der Waals surface area (Å²) in [7, 11) is 0. The number of Topliss-reactive ketones (excluding diaryl/α,β-unsaturated/α-hetero) is 1. The molecule has 1 amide bonds.